The molecule has 0 unspecified atom stereocenters. The van der Waals surface area contributed by atoms with Gasteiger partial charge in [0.05, 0.1) is 6.54 Å². The SMILES string of the molecule is Cc1cc(C)nc(CNC(=O)N2CCN(C(=O)c3ccc[nH]3)CC2)n1. The van der Waals surface area contributed by atoms with Crippen LogP contribution >= 0.6 is 0 Å². The Balaban J connectivity index is 1.49. The molecule has 3 heterocycles. The van der Waals surface area contributed by atoms with E-state index in [1.165, 1.54) is 0 Å². The van der Waals surface area contributed by atoms with Gasteiger partial charge < -0.3 is 20.1 Å². The average molecular weight is 342 g/mol. The van der Waals surface area contributed by atoms with Crippen LogP contribution in [0.25, 0.3) is 0 Å². The quantitative estimate of drug-likeness (QED) is 0.873. The molecule has 1 saturated heterocycles. The van der Waals surface area contributed by atoms with Gasteiger partial charge in [-0.05, 0) is 32.0 Å². The first-order valence-corrected chi connectivity index (χ1v) is 8.29. The number of carbonyl (C=O) groups excluding carboxylic acids is 2. The number of hydrogen-bond acceptors (Lipinski definition) is 4. The van der Waals surface area contributed by atoms with E-state index < -0.39 is 0 Å². The first-order chi connectivity index (χ1) is 12.0. The Hall–Kier alpha value is -2.90. The number of amides is 3. The molecule has 2 N–H and O–H groups in total. The van der Waals surface area contributed by atoms with Gasteiger partial charge in [-0.25, -0.2) is 14.8 Å². The number of nitrogens with one attached hydrogen (secondary N) is 2. The molecular formula is C17H22N6O2. The summed E-state index contributed by atoms with van der Waals surface area (Å²) < 4.78 is 0. The Labute approximate surface area is 146 Å². The average Bonchev–Trinajstić information content (AvgIpc) is 3.13. The fourth-order valence-electron chi connectivity index (χ4n) is 2.89. The minimum absolute atomic E-state index is 0.0336. The van der Waals surface area contributed by atoms with Gasteiger partial charge in [0, 0.05) is 43.8 Å². The van der Waals surface area contributed by atoms with Crippen molar-refractivity contribution < 1.29 is 9.59 Å². The van der Waals surface area contributed by atoms with E-state index in [4.69, 9.17) is 0 Å². The molecule has 8 nitrogen and oxygen atoms in total. The minimum atomic E-state index is -0.158. The third-order valence-corrected chi connectivity index (χ3v) is 4.11. The number of hydrogen-bond donors (Lipinski definition) is 2. The topological polar surface area (TPSA) is 94.2 Å². The van der Waals surface area contributed by atoms with E-state index in [2.05, 4.69) is 20.3 Å². The van der Waals surface area contributed by atoms with Crippen molar-refractivity contribution in [2.24, 2.45) is 0 Å². The van der Waals surface area contributed by atoms with Crippen LogP contribution < -0.4 is 5.32 Å². The van der Waals surface area contributed by atoms with Crippen LogP contribution in [0, 0.1) is 13.8 Å². The maximum absolute atomic E-state index is 12.3. The second kappa shape index (κ2) is 7.33. The number of piperazine rings is 1. The molecular weight excluding hydrogens is 320 g/mol. The van der Waals surface area contributed by atoms with Crippen LogP contribution in [0.15, 0.2) is 24.4 Å². The summed E-state index contributed by atoms with van der Waals surface area (Å²) in [5.41, 5.74) is 2.34. The summed E-state index contributed by atoms with van der Waals surface area (Å²) in [7, 11) is 0. The van der Waals surface area contributed by atoms with Gasteiger partial charge >= 0.3 is 6.03 Å². The first kappa shape index (κ1) is 16.9. The van der Waals surface area contributed by atoms with Crippen molar-refractivity contribution in [2.75, 3.05) is 26.2 Å². The molecule has 1 fully saturated rings. The van der Waals surface area contributed by atoms with Crippen LogP contribution in [0.3, 0.4) is 0 Å². The van der Waals surface area contributed by atoms with E-state index in [-0.39, 0.29) is 11.9 Å². The van der Waals surface area contributed by atoms with Gasteiger partial charge in [0.15, 0.2) is 0 Å². The number of rotatable bonds is 3. The zero-order valence-corrected chi connectivity index (χ0v) is 14.5. The van der Waals surface area contributed by atoms with Crippen molar-refractivity contribution in [1.82, 2.24) is 30.1 Å². The number of urea groups is 1. The zero-order chi connectivity index (χ0) is 17.8. The van der Waals surface area contributed by atoms with Gasteiger partial charge in [0.25, 0.3) is 5.91 Å². The molecule has 3 rings (SSSR count). The van der Waals surface area contributed by atoms with Crippen LogP contribution in [-0.4, -0.2) is 62.9 Å². The Morgan fingerprint density at radius 3 is 2.36 bits per heavy atom. The lowest BCUT2D eigenvalue weighted by Crippen LogP contribution is -2.53. The molecule has 0 saturated carbocycles. The van der Waals surface area contributed by atoms with Crippen LogP contribution in [0.5, 0.6) is 0 Å². The molecule has 0 atom stereocenters. The minimum Gasteiger partial charge on any atom is -0.357 e. The number of H-pyrrole nitrogens is 1. The summed E-state index contributed by atoms with van der Waals surface area (Å²) in [5, 5.41) is 2.85. The second-order valence-corrected chi connectivity index (χ2v) is 6.09. The molecule has 3 amide bonds. The Kier molecular flexibility index (Phi) is 4.97. The predicted octanol–water partition coefficient (Wildman–Crippen LogP) is 1.09. The summed E-state index contributed by atoms with van der Waals surface area (Å²) in [6.07, 6.45) is 1.73. The molecule has 0 bridgehead atoms. The summed E-state index contributed by atoms with van der Waals surface area (Å²) in [4.78, 5) is 39.6. The molecule has 0 spiro atoms. The normalized spacial score (nSPS) is 14.5. The number of aryl methyl sites for hydroxylation is 2. The number of aromatic amines is 1. The molecule has 0 radical (unpaired) electrons. The van der Waals surface area contributed by atoms with Crippen LogP contribution in [0.4, 0.5) is 4.79 Å². The fraction of sp³-hybridized carbons (Fsp3) is 0.412. The summed E-state index contributed by atoms with van der Waals surface area (Å²) >= 11 is 0. The molecule has 2 aromatic rings. The van der Waals surface area contributed by atoms with Gasteiger partial charge in [-0.3, -0.25) is 4.79 Å². The molecule has 1 aliphatic rings. The highest BCUT2D eigenvalue weighted by molar-refractivity contribution is 5.92. The highest BCUT2D eigenvalue weighted by Crippen LogP contribution is 2.08. The highest BCUT2D eigenvalue weighted by atomic mass is 16.2. The molecule has 25 heavy (non-hydrogen) atoms. The molecule has 2 aromatic heterocycles. The van der Waals surface area contributed by atoms with Crippen molar-refractivity contribution in [2.45, 2.75) is 20.4 Å². The maximum Gasteiger partial charge on any atom is 0.317 e. The van der Waals surface area contributed by atoms with Gasteiger partial charge in [-0.1, -0.05) is 0 Å². The number of carbonyl (C=O) groups is 2. The maximum atomic E-state index is 12.3. The van der Waals surface area contributed by atoms with Gasteiger partial charge in [0.1, 0.15) is 11.5 Å². The van der Waals surface area contributed by atoms with E-state index in [9.17, 15) is 9.59 Å². The monoisotopic (exact) mass is 342 g/mol. The molecule has 8 heteroatoms. The lowest BCUT2D eigenvalue weighted by atomic mass is 10.3. The molecule has 1 aliphatic heterocycles. The predicted molar refractivity (Wildman–Crippen MR) is 92.0 cm³/mol. The Morgan fingerprint density at radius 1 is 1.12 bits per heavy atom. The van der Waals surface area contributed by atoms with Gasteiger partial charge in [0.2, 0.25) is 0 Å². The molecule has 0 aliphatic carbocycles. The molecule has 0 aromatic carbocycles. The van der Waals surface area contributed by atoms with E-state index in [1.807, 2.05) is 19.9 Å². The number of aromatic nitrogens is 3. The van der Waals surface area contributed by atoms with Crippen molar-refractivity contribution in [3.63, 3.8) is 0 Å². The van der Waals surface area contributed by atoms with Crippen molar-refractivity contribution >= 4 is 11.9 Å². The third kappa shape index (κ3) is 4.14. The van der Waals surface area contributed by atoms with E-state index >= 15 is 0 Å². The van der Waals surface area contributed by atoms with Crippen molar-refractivity contribution in [3.8, 4) is 0 Å². The first-order valence-electron chi connectivity index (χ1n) is 8.29. The van der Waals surface area contributed by atoms with Crippen LogP contribution in [-0.2, 0) is 6.54 Å². The van der Waals surface area contributed by atoms with Gasteiger partial charge in [-0.2, -0.15) is 0 Å². The summed E-state index contributed by atoms with van der Waals surface area (Å²) in [6.45, 7) is 6.15. The Morgan fingerprint density at radius 2 is 1.76 bits per heavy atom. The lowest BCUT2D eigenvalue weighted by Gasteiger charge is -2.34. The second-order valence-electron chi connectivity index (χ2n) is 6.09. The summed E-state index contributed by atoms with van der Waals surface area (Å²) in [6, 6.07) is 5.29. The highest BCUT2D eigenvalue weighted by Gasteiger charge is 2.25. The van der Waals surface area contributed by atoms with E-state index in [0.717, 1.165) is 11.4 Å². The summed E-state index contributed by atoms with van der Waals surface area (Å²) in [5.74, 6) is 0.570. The van der Waals surface area contributed by atoms with Crippen LogP contribution in [0.1, 0.15) is 27.7 Å². The van der Waals surface area contributed by atoms with Crippen molar-refractivity contribution in [3.05, 3.63) is 47.3 Å². The van der Waals surface area contributed by atoms with Crippen LogP contribution in [0.2, 0.25) is 0 Å². The number of nitrogens with zero attached hydrogens (tertiary/aromatic N) is 4. The van der Waals surface area contributed by atoms with Crippen molar-refractivity contribution in [1.29, 1.82) is 0 Å². The Bertz CT molecular complexity index is 730. The zero-order valence-electron chi connectivity index (χ0n) is 14.5. The van der Waals surface area contributed by atoms with E-state index in [1.54, 1.807) is 28.1 Å². The standard InChI is InChI=1S/C17H22N6O2/c1-12-10-13(2)21-15(20-12)11-19-17(25)23-8-6-22(7-9-23)16(24)14-4-3-5-18-14/h3-5,10,18H,6-9,11H2,1-2H3,(H,19,25). The van der Waals surface area contributed by atoms with E-state index in [0.29, 0.717) is 44.2 Å². The smallest absolute Gasteiger partial charge is 0.317 e. The van der Waals surface area contributed by atoms with Gasteiger partial charge in [-0.15, -0.1) is 0 Å². The fourth-order valence-corrected chi connectivity index (χ4v) is 2.89. The third-order valence-electron chi connectivity index (χ3n) is 4.11. The largest absolute Gasteiger partial charge is 0.357 e. The molecule has 132 valence electrons. The lowest BCUT2D eigenvalue weighted by molar-refractivity contribution is 0.0660.